The van der Waals surface area contributed by atoms with Crippen LogP contribution in [0.4, 0.5) is 0 Å². The van der Waals surface area contributed by atoms with Gasteiger partial charge in [-0.05, 0) is 0 Å². The van der Waals surface area contributed by atoms with Crippen LogP contribution in [0.2, 0.25) is 0 Å². The van der Waals surface area contributed by atoms with Crippen LogP contribution in [0, 0.1) is 0 Å². The fourth-order valence-electron chi connectivity index (χ4n) is 0. The molecule has 0 amide bonds. The number of rotatable bonds is 0. The minimum atomic E-state index is 0. The van der Waals surface area contributed by atoms with Gasteiger partial charge in [0.25, 0.3) is 0 Å². The molecule has 0 N–H and O–H groups in total. The zero-order valence-electron chi connectivity index (χ0n) is 2.43. The molecule has 36 valence electrons. The molecule has 0 unspecified atom stereocenters. The maximum absolute atomic E-state index is 0. The molecule has 0 aromatic heterocycles. The van der Waals surface area contributed by atoms with Gasteiger partial charge < -0.3 is 16.4 Å². The van der Waals surface area contributed by atoms with E-state index in [0.717, 1.165) is 0 Å². The molecule has 0 aliphatic heterocycles. The predicted octanol–water partition coefficient (Wildman–Crippen LogP) is -0.742. The maximum Gasteiger partial charge on any atom is 4.00 e. The largest absolute Gasteiger partial charge is 4.00 e. The van der Waals surface area contributed by atoms with E-state index in [0.29, 0.717) is 0 Å². The third-order valence-corrected chi connectivity index (χ3v) is 0. The Hall–Kier alpha value is 1.14. The normalized spacial score (nSPS) is 0. The molecular formula is Fe2O3Si+2. The van der Waals surface area contributed by atoms with Gasteiger partial charge in [0.2, 0.25) is 0 Å². The van der Waals surface area contributed by atoms with E-state index in [1.165, 1.54) is 0 Å². The molecule has 0 spiro atoms. The van der Waals surface area contributed by atoms with Gasteiger partial charge in [-0.25, -0.2) is 0 Å². The summed E-state index contributed by atoms with van der Waals surface area (Å²) in [5.41, 5.74) is 0. The Labute approximate surface area is 61.8 Å². The van der Waals surface area contributed by atoms with Crippen molar-refractivity contribution in [3.8, 4) is 0 Å². The van der Waals surface area contributed by atoms with Gasteiger partial charge >= 0.3 is 45.1 Å². The number of hydrogen-bond donors (Lipinski definition) is 0. The predicted molar refractivity (Wildman–Crippen MR) is 7.81 cm³/mol. The van der Waals surface area contributed by atoms with E-state index in [-0.39, 0.29) is 61.5 Å². The van der Waals surface area contributed by atoms with Crippen LogP contribution in [-0.4, -0.2) is 11.0 Å². The average Bonchev–Trinajstić information content (AvgIpc) is 0. The van der Waals surface area contributed by atoms with Crippen molar-refractivity contribution in [3.63, 3.8) is 0 Å². The van der Waals surface area contributed by atoms with Crippen molar-refractivity contribution in [2.24, 2.45) is 0 Å². The van der Waals surface area contributed by atoms with E-state index >= 15 is 0 Å². The summed E-state index contributed by atoms with van der Waals surface area (Å²) >= 11 is 0. The van der Waals surface area contributed by atoms with Crippen LogP contribution in [0.15, 0.2) is 0 Å². The molecule has 0 saturated carbocycles. The molecule has 0 aliphatic carbocycles. The summed E-state index contributed by atoms with van der Waals surface area (Å²) in [6.07, 6.45) is 0. The first kappa shape index (κ1) is 208. The van der Waals surface area contributed by atoms with Crippen LogP contribution < -0.4 is 0 Å². The molecule has 0 bridgehead atoms. The van der Waals surface area contributed by atoms with Gasteiger partial charge in [-0.3, -0.25) is 0 Å². The van der Waals surface area contributed by atoms with Crippen molar-refractivity contribution in [2.45, 2.75) is 0 Å². The first-order valence-corrected chi connectivity index (χ1v) is 0. The van der Waals surface area contributed by atoms with Crippen molar-refractivity contribution in [3.05, 3.63) is 0 Å². The minimum absolute atomic E-state index is 0. The second kappa shape index (κ2) is 125. The van der Waals surface area contributed by atoms with E-state index < -0.39 is 0 Å². The Balaban J connectivity index is 0. The van der Waals surface area contributed by atoms with Crippen LogP contribution in [-0.2, 0) is 50.6 Å². The van der Waals surface area contributed by atoms with E-state index in [1.807, 2.05) is 0 Å². The first-order valence-electron chi connectivity index (χ1n) is 0. The van der Waals surface area contributed by atoms with Crippen molar-refractivity contribution in [1.82, 2.24) is 0 Å². The quantitative estimate of drug-likeness (QED) is 0.448. The van der Waals surface area contributed by atoms with Gasteiger partial charge in [-0.2, -0.15) is 0 Å². The standard InChI is InChI=1S/2Fe.3O.Si/q2*+2;3*-2;+4. The maximum atomic E-state index is 0. The SMILES string of the molecule is [Fe+2].[Fe+2].[O-2].[O-2].[O-2].[Si+4]. The van der Waals surface area contributed by atoms with Crippen LogP contribution in [0.25, 0.3) is 0 Å². The van der Waals surface area contributed by atoms with E-state index in [1.54, 1.807) is 0 Å². The Bertz CT molecular complexity index is 8.75. The van der Waals surface area contributed by atoms with Gasteiger partial charge in [0.15, 0.2) is 0 Å². The van der Waals surface area contributed by atoms with E-state index in [2.05, 4.69) is 0 Å². The Morgan fingerprint density at radius 3 is 0.500 bits per heavy atom. The average molecular weight is 188 g/mol. The molecule has 0 aromatic rings. The third kappa shape index (κ3) is 68.1. The Morgan fingerprint density at radius 2 is 0.500 bits per heavy atom. The van der Waals surface area contributed by atoms with Gasteiger partial charge in [-0.1, -0.05) is 0 Å². The second-order valence-corrected chi connectivity index (χ2v) is 0. The van der Waals surface area contributed by atoms with Crippen molar-refractivity contribution in [1.29, 1.82) is 0 Å². The van der Waals surface area contributed by atoms with Crippen LogP contribution in [0.5, 0.6) is 0 Å². The van der Waals surface area contributed by atoms with Crippen molar-refractivity contribution < 1.29 is 50.6 Å². The molecule has 0 fully saturated rings. The summed E-state index contributed by atoms with van der Waals surface area (Å²) in [5.74, 6) is 0. The zero-order valence-corrected chi connectivity index (χ0v) is 5.64. The van der Waals surface area contributed by atoms with E-state index in [4.69, 9.17) is 0 Å². The fourth-order valence-corrected chi connectivity index (χ4v) is 0. The molecule has 0 aromatic carbocycles. The summed E-state index contributed by atoms with van der Waals surface area (Å²) in [7, 11) is 0. The van der Waals surface area contributed by atoms with Crippen molar-refractivity contribution in [2.75, 3.05) is 0 Å². The van der Waals surface area contributed by atoms with Gasteiger partial charge in [0.1, 0.15) is 0 Å². The Kier molecular flexibility index (Phi) is 4350. The van der Waals surface area contributed by atoms with Crippen molar-refractivity contribution >= 4 is 11.0 Å². The van der Waals surface area contributed by atoms with Crippen LogP contribution in [0.1, 0.15) is 0 Å². The van der Waals surface area contributed by atoms with Gasteiger partial charge in [-0.15, -0.1) is 0 Å². The topological polar surface area (TPSA) is 85.5 Å². The third-order valence-electron chi connectivity index (χ3n) is 0. The summed E-state index contributed by atoms with van der Waals surface area (Å²) in [6, 6.07) is 0. The first-order chi connectivity index (χ1) is 0. The molecule has 0 rings (SSSR count). The van der Waals surface area contributed by atoms with Gasteiger partial charge in [0.05, 0.1) is 0 Å². The summed E-state index contributed by atoms with van der Waals surface area (Å²) < 4.78 is 0. The zero-order chi connectivity index (χ0) is 0. The summed E-state index contributed by atoms with van der Waals surface area (Å²) in [6.45, 7) is 0. The molecule has 0 aliphatic rings. The molecule has 3 nitrogen and oxygen atoms in total. The second-order valence-electron chi connectivity index (χ2n) is 0. The Morgan fingerprint density at radius 1 is 0.500 bits per heavy atom. The molecule has 0 heterocycles. The van der Waals surface area contributed by atoms with E-state index in [9.17, 15) is 0 Å². The molecule has 0 atom stereocenters. The molecule has 0 saturated heterocycles. The molecule has 6 heavy (non-hydrogen) atoms. The summed E-state index contributed by atoms with van der Waals surface area (Å²) in [5, 5.41) is 0. The fraction of sp³-hybridized carbons (Fsp3) is 0. The van der Waals surface area contributed by atoms with Crippen LogP contribution in [0.3, 0.4) is 0 Å². The summed E-state index contributed by atoms with van der Waals surface area (Å²) in [4.78, 5) is 0. The molecule has 6 heteroatoms. The molecular weight excluding hydrogens is 188 g/mol. The van der Waals surface area contributed by atoms with Gasteiger partial charge in [0, 0.05) is 0 Å². The van der Waals surface area contributed by atoms with Crippen LogP contribution >= 0.6 is 0 Å². The smallest absolute Gasteiger partial charge is 2.00 e. The number of hydrogen-bond acceptors (Lipinski definition) is 0. The molecule has 0 radical (unpaired) electrons. The monoisotopic (exact) mass is 188 g/mol. The minimum Gasteiger partial charge on any atom is -2.00 e.